The number of para-hydroxylation sites is 3. The van der Waals surface area contributed by atoms with Gasteiger partial charge in [0.15, 0.2) is 0 Å². The van der Waals surface area contributed by atoms with Crippen LogP contribution in [0.15, 0.2) is 121 Å². The summed E-state index contributed by atoms with van der Waals surface area (Å²) < 4.78 is 4.85. The summed E-state index contributed by atoms with van der Waals surface area (Å²) in [6, 6.07) is 44.2. The zero-order chi connectivity index (χ0) is 24.7. The van der Waals surface area contributed by atoms with Gasteiger partial charge >= 0.3 is 0 Å². The number of benzene rings is 5. The molecule has 7 aromatic rings. The van der Waals surface area contributed by atoms with E-state index in [1.165, 1.54) is 66.5 Å². The maximum atomic E-state index is 2.47. The van der Waals surface area contributed by atoms with Gasteiger partial charge in [-0.15, -0.1) is 0 Å². The summed E-state index contributed by atoms with van der Waals surface area (Å²) in [4.78, 5) is 0. The molecule has 1 aliphatic carbocycles. The van der Waals surface area contributed by atoms with Gasteiger partial charge in [0.1, 0.15) is 0 Å². The fourth-order valence-corrected chi connectivity index (χ4v) is 6.72. The molecule has 0 aliphatic heterocycles. The van der Waals surface area contributed by atoms with Crippen LogP contribution in [-0.4, -0.2) is 9.13 Å². The summed E-state index contributed by atoms with van der Waals surface area (Å²) in [5.41, 5.74) is 11.6. The molecule has 2 heterocycles. The molecule has 2 nitrogen and oxygen atoms in total. The van der Waals surface area contributed by atoms with Crippen LogP contribution in [-0.2, 0) is 5.41 Å². The highest BCUT2D eigenvalue weighted by molar-refractivity contribution is 6.09. The lowest BCUT2D eigenvalue weighted by atomic mass is 9.81. The molecule has 0 N–H and O–H groups in total. The topological polar surface area (TPSA) is 9.86 Å². The molecular weight excluding hydrogens is 448 g/mol. The molecule has 0 amide bonds. The van der Waals surface area contributed by atoms with Gasteiger partial charge < -0.3 is 9.13 Å². The van der Waals surface area contributed by atoms with Crippen molar-refractivity contribution in [3.05, 3.63) is 132 Å². The van der Waals surface area contributed by atoms with Crippen molar-refractivity contribution in [2.24, 2.45) is 0 Å². The molecule has 2 heteroatoms. The monoisotopic (exact) mass is 474 g/mol. The average molecular weight is 475 g/mol. The lowest BCUT2D eigenvalue weighted by molar-refractivity contribution is 0.666. The van der Waals surface area contributed by atoms with Gasteiger partial charge in [-0.05, 0) is 53.6 Å². The van der Waals surface area contributed by atoms with E-state index in [0.29, 0.717) is 0 Å². The summed E-state index contributed by atoms with van der Waals surface area (Å²) in [5.74, 6) is 0. The van der Waals surface area contributed by atoms with E-state index in [-0.39, 0.29) is 5.41 Å². The molecule has 8 rings (SSSR count). The molecular formula is C35H26N2. The van der Waals surface area contributed by atoms with Crippen LogP contribution in [0.3, 0.4) is 0 Å². The number of hydrogen-bond donors (Lipinski definition) is 0. The minimum Gasteiger partial charge on any atom is -0.309 e. The van der Waals surface area contributed by atoms with Crippen LogP contribution < -0.4 is 0 Å². The van der Waals surface area contributed by atoms with Crippen molar-refractivity contribution >= 4 is 32.7 Å². The number of rotatable bonds is 2. The Morgan fingerprint density at radius 2 is 0.919 bits per heavy atom. The minimum absolute atomic E-state index is 0.0420. The third kappa shape index (κ3) is 2.65. The first-order chi connectivity index (χ1) is 18.1. The summed E-state index contributed by atoms with van der Waals surface area (Å²) in [7, 11) is 0. The number of fused-ring (bicyclic) bond motifs is 8. The second-order valence-corrected chi connectivity index (χ2v) is 10.6. The first kappa shape index (κ1) is 20.6. The van der Waals surface area contributed by atoms with Gasteiger partial charge in [-0.2, -0.15) is 0 Å². The predicted octanol–water partition coefficient (Wildman–Crippen LogP) is 9.03. The van der Waals surface area contributed by atoms with E-state index in [1.807, 2.05) is 0 Å². The molecule has 0 saturated carbocycles. The highest BCUT2D eigenvalue weighted by atomic mass is 15.0. The van der Waals surface area contributed by atoms with Crippen molar-refractivity contribution in [1.29, 1.82) is 0 Å². The summed E-state index contributed by atoms with van der Waals surface area (Å²) >= 11 is 0. The van der Waals surface area contributed by atoms with Crippen LogP contribution in [0.2, 0.25) is 0 Å². The Kier molecular flexibility index (Phi) is 4.03. The van der Waals surface area contributed by atoms with Crippen LogP contribution in [0.4, 0.5) is 0 Å². The molecule has 0 fully saturated rings. The van der Waals surface area contributed by atoms with Crippen LogP contribution in [0.1, 0.15) is 25.0 Å². The number of nitrogens with zero attached hydrogens (tertiary/aromatic N) is 2. The number of aromatic nitrogens is 2. The quantitative estimate of drug-likeness (QED) is 0.236. The van der Waals surface area contributed by atoms with E-state index in [4.69, 9.17) is 0 Å². The molecule has 5 aromatic carbocycles. The molecule has 1 aliphatic rings. The Morgan fingerprint density at radius 1 is 0.459 bits per heavy atom. The van der Waals surface area contributed by atoms with Crippen LogP contribution in [0.5, 0.6) is 0 Å². The van der Waals surface area contributed by atoms with E-state index in [9.17, 15) is 0 Å². The first-order valence-electron chi connectivity index (χ1n) is 13.0. The lowest BCUT2D eigenvalue weighted by Gasteiger charge is -2.21. The van der Waals surface area contributed by atoms with Crippen molar-refractivity contribution in [3.63, 3.8) is 0 Å². The van der Waals surface area contributed by atoms with E-state index in [0.717, 1.165) is 0 Å². The summed E-state index contributed by atoms with van der Waals surface area (Å²) in [6.07, 6.45) is 0. The van der Waals surface area contributed by atoms with Gasteiger partial charge in [0.05, 0.1) is 22.2 Å². The Morgan fingerprint density at radius 3 is 1.54 bits per heavy atom. The van der Waals surface area contributed by atoms with Crippen molar-refractivity contribution < 1.29 is 0 Å². The maximum absolute atomic E-state index is 2.47. The highest BCUT2D eigenvalue weighted by Gasteiger charge is 2.40. The smallest absolute Gasteiger partial charge is 0.0584 e. The lowest BCUT2D eigenvalue weighted by Crippen LogP contribution is -2.14. The van der Waals surface area contributed by atoms with Crippen LogP contribution >= 0.6 is 0 Å². The zero-order valence-electron chi connectivity index (χ0n) is 20.9. The van der Waals surface area contributed by atoms with Gasteiger partial charge in [0, 0.05) is 38.5 Å². The van der Waals surface area contributed by atoms with E-state index >= 15 is 0 Å². The van der Waals surface area contributed by atoms with Gasteiger partial charge in [-0.1, -0.05) is 92.7 Å². The van der Waals surface area contributed by atoms with Crippen molar-refractivity contribution in [2.45, 2.75) is 19.3 Å². The van der Waals surface area contributed by atoms with E-state index in [1.54, 1.807) is 0 Å². The number of hydrogen-bond acceptors (Lipinski definition) is 0. The largest absolute Gasteiger partial charge is 0.309 e. The minimum atomic E-state index is -0.0420. The Hall–Kier alpha value is -4.56. The Balaban J connectivity index is 1.38. The Labute approximate surface area is 216 Å². The molecule has 0 bridgehead atoms. The fourth-order valence-electron chi connectivity index (χ4n) is 6.72. The van der Waals surface area contributed by atoms with Gasteiger partial charge in [0.2, 0.25) is 0 Å². The second kappa shape index (κ2) is 7.24. The van der Waals surface area contributed by atoms with Gasteiger partial charge in [-0.25, -0.2) is 0 Å². The summed E-state index contributed by atoms with van der Waals surface area (Å²) in [6.45, 7) is 4.72. The first-order valence-corrected chi connectivity index (χ1v) is 13.0. The van der Waals surface area contributed by atoms with Gasteiger partial charge in [-0.3, -0.25) is 0 Å². The zero-order valence-corrected chi connectivity index (χ0v) is 20.9. The van der Waals surface area contributed by atoms with Crippen molar-refractivity contribution in [2.75, 3.05) is 0 Å². The van der Waals surface area contributed by atoms with E-state index in [2.05, 4.69) is 144 Å². The van der Waals surface area contributed by atoms with Crippen LogP contribution in [0, 0.1) is 0 Å². The average Bonchev–Trinajstić information content (AvgIpc) is 3.54. The SMILES string of the molecule is CC1(C)c2ccccc2-c2c1c1ccccc1n2-c1ccc(-n2c3ccccc3c3ccccc32)cc1. The third-order valence-corrected chi connectivity index (χ3v) is 8.30. The molecule has 37 heavy (non-hydrogen) atoms. The highest BCUT2D eigenvalue weighted by Crippen LogP contribution is 2.53. The third-order valence-electron chi connectivity index (χ3n) is 8.30. The molecule has 0 atom stereocenters. The molecule has 0 unspecified atom stereocenters. The Bertz CT molecular complexity index is 1940. The standard InChI is InChI=1S/C35H26N2/c1-35(2)29-15-7-3-13-27(29)34-33(35)28-14-6-10-18-32(28)37(34)24-21-19-23(20-22-24)36-30-16-8-4-11-25(30)26-12-5-9-17-31(26)36/h3-22H,1-2H3. The normalized spacial score (nSPS) is 13.9. The molecule has 0 saturated heterocycles. The predicted molar refractivity (Wildman–Crippen MR) is 155 cm³/mol. The molecule has 0 spiro atoms. The fraction of sp³-hybridized carbons (Fsp3) is 0.0857. The molecule has 2 aromatic heterocycles. The maximum Gasteiger partial charge on any atom is 0.0584 e. The van der Waals surface area contributed by atoms with Crippen molar-refractivity contribution in [1.82, 2.24) is 9.13 Å². The van der Waals surface area contributed by atoms with Gasteiger partial charge in [0.25, 0.3) is 0 Å². The molecule has 176 valence electrons. The van der Waals surface area contributed by atoms with Crippen molar-refractivity contribution in [3.8, 4) is 22.6 Å². The second-order valence-electron chi connectivity index (χ2n) is 10.6. The molecule has 0 radical (unpaired) electrons. The summed E-state index contributed by atoms with van der Waals surface area (Å²) in [5, 5.41) is 3.91. The van der Waals surface area contributed by atoms with E-state index < -0.39 is 0 Å². The van der Waals surface area contributed by atoms with Crippen LogP contribution in [0.25, 0.3) is 55.3 Å².